The van der Waals surface area contributed by atoms with Crippen LogP contribution in [0.25, 0.3) is 0 Å². The smallest absolute Gasteiger partial charge is 0.0991 e. The molecule has 0 amide bonds. The van der Waals surface area contributed by atoms with Gasteiger partial charge in [-0.1, -0.05) is 34.1 Å². The van der Waals surface area contributed by atoms with Crippen LogP contribution in [0.2, 0.25) is 0 Å². The lowest BCUT2D eigenvalue weighted by atomic mass is 10.1. The predicted octanol–water partition coefficient (Wildman–Crippen LogP) is 3.94. The van der Waals surface area contributed by atoms with Crippen LogP contribution in [0.1, 0.15) is 17.5 Å². The van der Waals surface area contributed by atoms with E-state index in [0.717, 1.165) is 36.2 Å². The van der Waals surface area contributed by atoms with E-state index < -0.39 is 0 Å². The molecular weight excluding hydrogens is 350 g/mol. The number of nitrogens with zero attached hydrogens (tertiary/aromatic N) is 2. The Morgan fingerprint density at radius 1 is 1.22 bits per heavy atom. The van der Waals surface area contributed by atoms with E-state index in [1.807, 2.05) is 18.2 Å². The number of halogens is 1. The Hall–Kier alpha value is -1.83. The van der Waals surface area contributed by atoms with Crippen molar-refractivity contribution in [2.45, 2.75) is 13.0 Å². The molecule has 1 aliphatic rings. The number of nitrogens with one attached hydrogen (secondary N) is 1. The fraction of sp³-hybridized carbons (Fsp3) is 0.316. The lowest BCUT2D eigenvalue weighted by Crippen LogP contribution is -2.26. The first-order valence-electron chi connectivity index (χ1n) is 7.95. The quantitative estimate of drug-likeness (QED) is 0.867. The summed E-state index contributed by atoms with van der Waals surface area (Å²) in [7, 11) is 0. The summed E-state index contributed by atoms with van der Waals surface area (Å²) in [5, 5.41) is 12.5. The van der Waals surface area contributed by atoms with E-state index in [2.05, 4.69) is 62.5 Å². The second-order valence-corrected chi connectivity index (χ2v) is 6.94. The molecule has 0 radical (unpaired) electrons. The zero-order valence-electron chi connectivity index (χ0n) is 13.0. The van der Waals surface area contributed by atoms with Gasteiger partial charge < -0.3 is 10.2 Å². The first kappa shape index (κ1) is 16.0. The van der Waals surface area contributed by atoms with Crippen molar-refractivity contribution >= 4 is 21.6 Å². The van der Waals surface area contributed by atoms with Gasteiger partial charge in [-0.25, -0.2) is 0 Å². The van der Waals surface area contributed by atoms with Gasteiger partial charge in [-0.2, -0.15) is 5.26 Å². The Labute approximate surface area is 146 Å². The highest BCUT2D eigenvalue weighted by Gasteiger charge is 2.22. The van der Waals surface area contributed by atoms with Crippen LogP contribution in [-0.2, 0) is 6.54 Å². The number of nitriles is 1. The lowest BCUT2D eigenvalue weighted by molar-refractivity contribution is 0.516. The zero-order valence-corrected chi connectivity index (χ0v) is 14.6. The van der Waals surface area contributed by atoms with E-state index in [9.17, 15) is 0 Å². The molecule has 2 aromatic rings. The van der Waals surface area contributed by atoms with Gasteiger partial charge in [0.1, 0.15) is 0 Å². The maximum Gasteiger partial charge on any atom is 0.0991 e. The monoisotopic (exact) mass is 369 g/mol. The fourth-order valence-electron chi connectivity index (χ4n) is 3.08. The summed E-state index contributed by atoms with van der Waals surface area (Å²) in [4.78, 5) is 2.45. The van der Waals surface area contributed by atoms with Crippen molar-refractivity contribution < 1.29 is 0 Å². The highest BCUT2D eigenvalue weighted by molar-refractivity contribution is 9.10. The van der Waals surface area contributed by atoms with Gasteiger partial charge in [-0.3, -0.25) is 0 Å². The maximum atomic E-state index is 8.94. The highest BCUT2D eigenvalue weighted by atomic mass is 79.9. The summed E-state index contributed by atoms with van der Waals surface area (Å²) < 4.78 is 1.13. The largest absolute Gasteiger partial charge is 0.371 e. The molecule has 0 bridgehead atoms. The number of rotatable bonds is 5. The molecule has 1 aliphatic heterocycles. The van der Waals surface area contributed by atoms with E-state index in [0.29, 0.717) is 5.92 Å². The van der Waals surface area contributed by atoms with Crippen LogP contribution in [0.5, 0.6) is 0 Å². The first-order valence-corrected chi connectivity index (χ1v) is 8.74. The predicted molar refractivity (Wildman–Crippen MR) is 97.3 cm³/mol. The van der Waals surface area contributed by atoms with Crippen molar-refractivity contribution in [1.82, 2.24) is 5.32 Å². The number of hydrogen-bond acceptors (Lipinski definition) is 3. The van der Waals surface area contributed by atoms with Crippen LogP contribution in [0.3, 0.4) is 0 Å². The molecule has 0 aliphatic carbocycles. The molecule has 1 N–H and O–H groups in total. The molecule has 0 saturated carbocycles. The molecule has 23 heavy (non-hydrogen) atoms. The summed E-state index contributed by atoms with van der Waals surface area (Å²) in [6.07, 6.45) is 1.22. The molecule has 1 saturated heterocycles. The highest BCUT2D eigenvalue weighted by Crippen LogP contribution is 2.25. The minimum Gasteiger partial charge on any atom is -0.371 e. The van der Waals surface area contributed by atoms with E-state index in [-0.39, 0.29) is 0 Å². The molecule has 2 aromatic carbocycles. The minimum atomic E-state index is 0.674. The number of anilines is 1. The Balaban J connectivity index is 1.48. The van der Waals surface area contributed by atoms with Crippen molar-refractivity contribution in [1.29, 1.82) is 5.26 Å². The first-order chi connectivity index (χ1) is 11.2. The standard InChI is InChI=1S/C19H20BrN3/c20-18-5-2-6-19(10-18)23-8-7-17(14-23)13-22-12-16-4-1-3-15(9-16)11-21/h1-6,9-10,17,22H,7-8,12-14H2. The summed E-state index contributed by atoms with van der Waals surface area (Å²) in [6.45, 7) is 4.05. The van der Waals surface area contributed by atoms with Crippen molar-refractivity contribution in [2.24, 2.45) is 5.92 Å². The molecular formula is C19H20BrN3. The second-order valence-electron chi connectivity index (χ2n) is 6.02. The van der Waals surface area contributed by atoms with E-state index in [4.69, 9.17) is 5.26 Å². The van der Waals surface area contributed by atoms with Gasteiger partial charge in [0.05, 0.1) is 11.6 Å². The van der Waals surface area contributed by atoms with Crippen LogP contribution in [0, 0.1) is 17.2 Å². The lowest BCUT2D eigenvalue weighted by Gasteiger charge is -2.19. The second kappa shape index (κ2) is 7.63. The number of benzene rings is 2. The Bertz CT molecular complexity index is 708. The minimum absolute atomic E-state index is 0.674. The summed E-state index contributed by atoms with van der Waals surface area (Å²) in [5.74, 6) is 0.674. The van der Waals surface area contributed by atoms with Crippen LogP contribution in [0.15, 0.2) is 53.0 Å². The van der Waals surface area contributed by atoms with Gasteiger partial charge in [0.15, 0.2) is 0 Å². The van der Waals surface area contributed by atoms with Gasteiger partial charge >= 0.3 is 0 Å². The fourth-order valence-corrected chi connectivity index (χ4v) is 3.47. The summed E-state index contributed by atoms with van der Waals surface area (Å²) in [6, 6.07) is 18.5. The van der Waals surface area contributed by atoms with E-state index in [1.54, 1.807) is 0 Å². The van der Waals surface area contributed by atoms with E-state index in [1.165, 1.54) is 17.7 Å². The average Bonchev–Trinajstić information content (AvgIpc) is 3.04. The Morgan fingerprint density at radius 2 is 2.09 bits per heavy atom. The molecule has 4 heteroatoms. The van der Waals surface area contributed by atoms with Crippen molar-refractivity contribution in [3.8, 4) is 6.07 Å². The number of hydrogen-bond donors (Lipinski definition) is 1. The van der Waals surface area contributed by atoms with E-state index >= 15 is 0 Å². The average molecular weight is 370 g/mol. The van der Waals surface area contributed by atoms with Gasteiger partial charge in [-0.05, 0) is 48.2 Å². The molecule has 3 nitrogen and oxygen atoms in total. The van der Waals surface area contributed by atoms with Crippen molar-refractivity contribution in [3.63, 3.8) is 0 Å². The van der Waals surface area contributed by atoms with Crippen LogP contribution in [0.4, 0.5) is 5.69 Å². The summed E-state index contributed by atoms with van der Waals surface area (Å²) >= 11 is 3.54. The molecule has 1 heterocycles. The molecule has 0 aromatic heterocycles. The van der Waals surface area contributed by atoms with Crippen LogP contribution in [-0.4, -0.2) is 19.6 Å². The summed E-state index contributed by atoms with van der Waals surface area (Å²) in [5.41, 5.74) is 3.19. The third-order valence-electron chi connectivity index (χ3n) is 4.28. The normalized spacial score (nSPS) is 17.2. The van der Waals surface area contributed by atoms with Crippen LogP contribution >= 0.6 is 15.9 Å². The molecule has 118 valence electrons. The Morgan fingerprint density at radius 3 is 2.91 bits per heavy atom. The maximum absolute atomic E-state index is 8.94. The third-order valence-corrected chi connectivity index (χ3v) is 4.77. The van der Waals surface area contributed by atoms with Gasteiger partial charge in [-0.15, -0.1) is 0 Å². The molecule has 1 atom stereocenters. The van der Waals surface area contributed by atoms with Crippen molar-refractivity contribution in [2.75, 3.05) is 24.5 Å². The topological polar surface area (TPSA) is 39.1 Å². The Kier molecular flexibility index (Phi) is 5.32. The molecule has 1 unspecified atom stereocenters. The molecule has 0 spiro atoms. The van der Waals surface area contributed by atoms with Crippen molar-refractivity contribution in [3.05, 3.63) is 64.1 Å². The van der Waals surface area contributed by atoms with Crippen LogP contribution < -0.4 is 10.2 Å². The van der Waals surface area contributed by atoms with Gasteiger partial charge in [0.25, 0.3) is 0 Å². The van der Waals surface area contributed by atoms with Gasteiger partial charge in [0.2, 0.25) is 0 Å². The van der Waals surface area contributed by atoms with Gasteiger partial charge in [0, 0.05) is 36.3 Å². The zero-order chi connectivity index (χ0) is 16.1. The third kappa shape index (κ3) is 4.34. The molecule has 3 rings (SSSR count). The molecule has 1 fully saturated rings. The SMILES string of the molecule is N#Cc1cccc(CNCC2CCN(c3cccc(Br)c3)C2)c1.